The lowest BCUT2D eigenvalue weighted by Gasteiger charge is -2.14. The maximum Gasteiger partial charge on any atom is 0.0508 e. The molecule has 0 bridgehead atoms. The highest BCUT2D eigenvalue weighted by molar-refractivity contribution is 5.24. The molecule has 0 saturated heterocycles. The number of likely N-dealkylation sites (N-methyl/N-ethyl adjacent to an activating group) is 1. The molecule has 0 heterocycles. The number of hydrogen-bond acceptors (Lipinski definition) is 1. The molecule has 1 heteroatoms. The Morgan fingerprint density at radius 1 is 1.29 bits per heavy atom. The van der Waals surface area contributed by atoms with Crippen molar-refractivity contribution < 1.29 is 0 Å². The maximum atomic E-state index is 3.45. The van der Waals surface area contributed by atoms with E-state index in [1.807, 2.05) is 0 Å². The van der Waals surface area contributed by atoms with E-state index in [0.29, 0.717) is 6.04 Å². The van der Waals surface area contributed by atoms with Gasteiger partial charge < -0.3 is 5.32 Å². The van der Waals surface area contributed by atoms with Crippen LogP contribution in [0.2, 0.25) is 0 Å². The van der Waals surface area contributed by atoms with Gasteiger partial charge in [-0.15, -0.1) is 0 Å². The first-order valence-corrected chi connectivity index (χ1v) is 5.17. The van der Waals surface area contributed by atoms with Gasteiger partial charge in [-0.05, 0) is 26.0 Å². The second-order valence-corrected chi connectivity index (χ2v) is 3.69. The lowest BCUT2D eigenvalue weighted by molar-refractivity contribution is 0.645. The zero-order valence-corrected chi connectivity index (χ0v) is 9.25. The number of benzene rings is 1. The van der Waals surface area contributed by atoms with E-state index in [0.717, 1.165) is 6.54 Å². The molecular formula is C13H19N. The SMILES string of the molecule is CCNC(C=C(C)C)c1ccccc1. The minimum Gasteiger partial charge on any atom is -0.307 e. The van der Waals surface area contributed by atoms with E-state index in [-0.39, 0.29) is 0 Å². The van der Waals surface area contributed by atoms with Gasteiger partial charge in [-0.25, -0.2) is 0 Å². The Morgan fingerprint density at radius 2 is 1.93 bits per heavy atom. The van der Waals surface area contributed by atoms with Crippen molar-refractivity contribution in [2.45, 2.75) is 26.8 Å². The highest BCUT2D eigenvalue weighted by Gasteiger charge is 2.04. The molecule has 0 aliphatic rings. The Hall–Kier alpha value is -1.08. The summed E-state index contributed by atoms with van der Waals surface area (Å²) in [7, 11) is 0. The average Bonchev–Trinajstić information content (AvgIpc) is 2.18. The number of allylic oxidation sites excluding steroid dienone is 1. The largest absolute Gasteiger partial charge is 0.307 e. The van der Waals surface area contributed by atoms with E-state index in [1.54, 1.807) is 0 Å². The van der Waals surface area contributed by atoms with Crippen LogP contribution in [0.25, 0.3) is 0 Å². The summed E-state index contributed by atoms with van der Waals surface area (Å²) in [4.78, 5) is 0. The summed E-state index contributed by atoms with van der Waals surface area (Å²) in [6, 6.07) is 10.9. The summed E-state index contributed by atoms with van der Waals surface area (Å²) >= 11 is 0. The van der Waals surface area contributed by atoms with Crippen molar-refractivity contribution in [2.75, 3.05) is 6.54 Å². The van der Waals surface area contributed by atoms with Crippen LogP contribution in [0.1, 0.15) is 32.4 Å². The number of nitrogens with one attached hydrogen (secondary N) is 1. The first-order chi connectivity index (χ1) is 6.74. The van der Waals surface area contributed by atoms with Gasteiger partial charge in [0.2, 0.25) is 0 Å². The number of rotatable bonds is 4. The smallest absolute Gasteiger partial charge is 0.0508 e. The molecular weight excluding hydrogens is 170 g/mol. The van der Waals surface area contributed by atoms with Gasteiger partial charge in [0.1, 0.15) is 0 Å². The standard InChI is InChI=1S/C13H19N/c1-4-14-13(10-11(2)3)12-8-6-5-7-9-12/h5-10,13-14H,4H2,1-3H3. The van der Waals surface area contributed by atoms with Gasteiger partial charge in [0.05, 0.1) is 6.04 Å². The Morgan fingerprint density at radius 3 is 2.43 bits per heavy atom. The predicted octanol–water partition coefficient (Wildman–Crippen LogP) is 3.30. The quantitative estimate of drug-likeness (QED) is 0.717. The first-order valence-electron chi connectivity index (χ1n) is 5.17. The van der Waals surface area contributed by atoms with Crippen molar-refractivity contribution in [3.05, 3.63) is 47.5 Å². The molecule has 1 unspecified atom stereocenters. The molecule has 0 fully saturated rings. The zero-order chi connectivity index (χ0) is 10.4. The highest BCUT2D eigenvalue weighted by Crippen LogP contribution is 2.15. The van der Waals surface area contributed by atoms with E-state index >= 15 is 0 Å². The van der Waals surface area contributed by atoms with Crippen molar-refractivity contribution in [3.63, 3.8) is 0 Å². The van der Waals surface area contributed by atoms with Crippen LogP contribution < -0.4 is 5.32 Å². The van der Waals surface area contributed by atoms with Crippen LogP contribution in [-0.4, -0.2) is 6.54 Å². The second-order valence-electron chi connectivity index (χ2n) is 3.69. The minimum atomic E-state index is 0.353. The van der Waals surface area contributed by atoms with E-state index in [2.05, 4.69) is 62.5 Å². The fraction of sp³-hybridized carbons (Fsp3) is 0.385. The van der Waals surface area contributed by atoms with Crippen LogP contribution in [0, 0.1) is 0 Å². The third kappa shape index (κ3) is 3.35. The monoisotopic (exact) mass is 189 g/mol. The van der Waals surface area contributed by atoms with Crippen LogP contribution in [0.15, 0.2) is 42.0 Å². The van der Waals surface area contributed by atoms with Crippen LogP contribution in [0.4, 0.5) is 0 Å². The van der Waals surface area contributed by atoms with E-state index < -0.39 is 0 Å². The van der Waals surface area contributed by atoms with Gasteiger partial charge in [-0.2, -0.15) is 0 Å². The fourth-order valence-electron chi connectivity index (χ4n) is 1.49. The minimum absolute atomic E-state index is 0.353. The third-order valence-corrected chi connectivity index (χ3v) is 2.08. The van der Waals surface area contributed by atoms with Crippen LogP contribution >= 0.6 is 0 Å². The molecule has 76 valence electrons. The molecule has 1 atom stereocenters. The molecule has 0 aromatic heterocycles. The molecule has 1 N–H and O–H groups in total. The van der Waals surface area contributed by atoms with Crippen LogP contribution in [0.5, 0.6) is 0 Å². The summed E-state index contributed by atoms with van der Waals surface area (Å²) in [5.74, 6) is 0. The van der Waals surface area contributed by atoms with Gasteiger partial charge in [0, 0.05) is 0 Å². The predicted molar refractivity (Wildman–Crippen MR) is 62.3 cm³/mol. The van der Waals surface area contributed by atoms with Gasteiger partial charge in [0.15, 0.2) is 0 Å². The van der Waals surface area contributed by atoms with E-state index in [9.17, 15) is 0 Å². The van der Waals surface area contributed by atoms with Gasteiger partial charge in [-0.3, -0.25) is 0 Å². The van der Waals surface area contributed by atoms with Crippen molar-refractivity contribution in [3.8, 4) is 0 Å². The zero-order valence-electron chi connectivity index (χ0n) is 9.25. The molecule has 1 aromatic rings. The van der Waals surface area contributed by atoms with E-state index in [1.165, 1.54) is 11.1 Å². The van der Waals surface area contributed by atoms with Crippen LogP contribution in [0.3, 0.4) is 0 Å². The molecule has 0 aliphatic carbocycles. The first kappa shape index (κ1) is 11.0. The molecule has 14 heavy (non-hydrogen) atoms. The van der Waals surface area contributed by atoms with E-state index in [4.69, 9.17) is 0 Å². The van der Waals surface area contributed by atoms with Gasteiger partial charge in [0.25, 0.3) is 0 Å². The highest BCUT2D eigenvalue weighted by atomic mass is 14.9. The normalized spacial score (nSPS) is 12.2. The maximum absolute atomic E-state index is 3.45. The summed E-state index contributed by atoms with van der Waals surface area (Å²) in [5, 5.41) is 3.45. The summed E-state index contributed by atoms with van der Waals surface area (Å²) < 4.78 is 0. The lowest BCUT2D eigenvalue weighted by atomic mass is 10.0. The Kier molecular flexibility index (Phi) is 4.41. The topological polar surface area (TPSA) is 12.0 Å². The Labute approximate surface area is 86.8 Å². The molecule has 1 rings (SSSR count). The van der Waals surface area contributed by atoms with Crippen molar-refractivity contribution in [2.24, 2.45) is 0 Å². The molecule has 0 amide bonds. The molecule has 0 saturated carbocycles. The molecule has 0 spiro atoms. The van der Waals surface area contributed by atoms with Crippen molar-refractivity contribution in [1.82, 2.24) is 5.32 Å². The van der Waals surface area contributed by atoms with Gasteiger partial charge in [-0.1, -0.05) is 48.9 Å². The number of hydrogen-bond donors (Lipinski definition) is 1. The van der Waals surface area contributed by atoms with Crippen LogP contribution in [-0.2, 0) is 0 Å². The molecule has 1 aromatic carbocycles. The average molecular weight is 189 g/mol. The Bertz CT molecular complexity index is 283. The van der Waals surface area contributed by atoms with Crippen molar-refractivity contribution >= 4 is 0 Å². The summed E-state index contributed by atoms with van der Waals surface area (Å²) in [5.41, 5.74) is 2.68. The summed E-state index contributed by atoms with van der Waals surface area (Å²) in [6.07, 6.45) is 2.26. The van der Waals surface area contributed by atoms with Crippen molar-refractivity contribution in [1.29, 1.82) is 0 Å². The third-order valence-electron chi connectivity index (χ3n) is 2.08. The molecule has 0 aliphatic heterocycles. The van der Waals surface area contributed by atoms with Gasteiger partial charge >= 0.3 is 0 Å². The second kappa shape index (κ2) is 5.61. The Balaban J connectivity index is 2.83. The summed E-state index contributed by atoms with van der Waals surface area (Å²) in [6.45, 7) is 7.39. The molecule has 1 nitrogen and oxygen atoms in total. The fourth-order valence-corrected chi connectivity index (χ4v) is 1.49. The lowest BCUT2D eigenvalue weighted by Crippen LogP contribution is -2.19. The molecule has 0 radical (unpaired) electrons.